The molecular weight excluding hydrogens is 386 g/mol. The van der Waals surface area contributed by atoms with Gasteiger partial charge in [-0.25, -0.2) is 4.98 Å². The van der Waals surface area contributed by atoms with Crippen LogP contribution in [-0.2, 0) is 11.8 Å². The fourth-order valence-corrected chi connectivity index (χ4v) is 5.92. The number of rotatable bonds is 3. The van der Waals surface area contributed by atoms with Gasteiger partial charge in [0.1, 0.15) is 5.65 Å². The van der Waals surface area contributed by atoms with Crippen LogP contribution in [0.1, 0.15) is 43.6 Å². The van der Waals surface area contributed by atoms with Crippen LogP contribution in [-0.4, -0.2) is 50.4 Å². The number of fused-ring (bicyclic) bond motifs is 1. The SMILES string of the molecule is C=C=C1COCCN1C1CC12CCC(c1cnc3[nH]cc(-c4cnn(C)c4)c3c1)CC2. The topological polar surface area (TPSA) is 59.0 Å². The van der Waals surface area contributed by atoms with Crippen LogP contribution in [0.2, 0.25) is 0 Å². The highest BCUT2D eigenvalue weighted by atomic mass is 16.5. The molecule has 2 saturated carbocycles. The Bertz CT molecular complexity index is 1180. The van der Waals surface area contributed by atoms with Gasteiger partial charge in [0.25, 0.3) is 0 Å². The number of nitrogens with zero attached hydrogens (tertiary/aromatic N) is 4. The molecule has 1 unspecified atom stereocenters. The Morgan fingerprint density at radius 3 is 2.94 bits per heavy atom. The minimum absolute atomic E-state index is 0.489. The molecule has 1 aliphatic heterocycles. The van der Waals surface area contributed by atoms with Crippen LogP contribution in [0.25, 0.3) is 22.2 Å². The lowest BCUT2D eigenvalue weighted by atomic mass is 9.76. The van der Waals surface area contributed by atoms with Crippen molar-refractivity contribution in [3.63, 3.8) is 0 Å². The maximum atomic E-state index is 5.61. The van der Waals surface area contributed by atoms with Crippen LogP contribution in [0.5, 0.6) is 0 Å². The van der Waals surface area contributed by atoms with E-state index in [1.807, 2.05) is 17.9 Å². The second kappa shape index (κ2) is 7.11. The summed E-state index contributed by atoms with van der Waals surface area (Å²) in [5.41, 5.74) is 9.40. The van der Waals surface area contributed by atoms with Gasteiger partial charge in [-0.3, -0.25) is 4.68 Å². The van der Waals surface area contributed by atoms with Crippen LogP contribution < -0.4 is 0 Å². The van der Waals surface area contributed by atoms with Gasteiger partial charge in [-0.05, 0) is 55.1 Å². The molecule has 160 valence electrons. The van der Waals surface area contributed by atoms with Crippen LogP contribution in [0.15, 0.2) is 48.9 Å². The summed E-state index contributed by atoms with van der Waals surface area (Å²) in [7, 11) is 1.95. The van der Waals surface area contributed by atoms with Crippen LogP contribution in [0.4, 0.5) is 0 Å². The largest absolute Gasteiger partial charge is 0.373 e. The molecule has 6 nitrogen and oxygen atoms in total. The molecule has 1 N–H and O–H groups in total. The molecule has 6 heteroatoms. The number of aryl methyl sites for hydroxylation is 1. The first-order valence-electron chi connectivity index (χ1n) is 11.4. The van der Waals surface area contributed by atoms with E-state index in [1.165, 1.54) is 48.6 Å². The number of aromatic nitrogens is 4. The van der Waals surface area contributed by atoms with Gasteiger partial charge in [-0.1, -0.05) is 6.58 Å². The zero-order valence-corrected chi connectivity index (χ0v) is 18.1. The summed E-state index contributed by atoms with van der Waals surface area (Å²) in [4.78, 5) is 10.6. The number of H-pyrrole nitrogens is 1. The number of pyridine rings is 1. The molecule has 0 radical (unpaired) electrons. The van der Waals surface area contributed by atoms with Gasteiger partial charge in [0, 0.05) is 54.7 Å². The molecule has 0 amide bonds. The molecule has 31 heavy (non-hydrogen) atoms. The van der Waals surface area contributed by atoms with E-state index in [9.17, 15) is 0 Å². The minimum atomic E-state index is 0.489. The van der Waals surface area contributed by atoms with Crippen molar-refractivity contribution < 1.29 is 4.74 Å². The molecule has 3 aliphatic rings. The lowest BCUT2D eigenvalue weighted by Gasteiger charge is -2.36. The van der Waals surface area contributed by atoms with Crippen molar-refractivity contribution in [3.8, 4) is 11.1 Å². The van der Waals surface area contributed by atoms with Gasteiger partial charge in [0.05, 0.1) is 25.1 Å². The van der Waals surface area contributed by atoms with E-state index >= 15 is 0 Å². The van der Waals surface area contributed by atoms with Crippen LogP contribution in [0, 0.1) is 5.41 Å². The zero-order valence-electron chi connectivity index (χ0n) is 18.1. The van der Waals surface area contributed by atoms with Gasteiger partial charge in [-0.2, -0.15) is 5.10 Å². The number of hydrogen-bond acceptors (Lipinski definition) is 4. The molecule has 3 aromatic rings. The molecule has 4 heterocycles. The summed E-state index contributed by atoms with van der Waals surface area (Å²) < 4.78 is 7.45. The normalized spacial score (nSPS) is 28.3. The molecular formula is C25H29N5O. The summed E-state index contributed by atoms with van der Waals surface area (Å²) in [6, 6.07) is 3.01. The van der Waals surface area contributed by atoms with Crippen molar-refractivity contribution in [2.45, 2.75) is 44.1 Å². The van der Waals surface area contributed by atoms with E-state index in [1.54, 1.807) is 0 Å². The monoisotopic (exact) mass is 415 g/mol. The highest BCUT2D eigenvalue weighted by Crippen LogP contribution is 2.61. The van der Waals surface area contributed by atoms with E-state index in [0.717, 1.165) is 30.1 Å². The molecule has 1 spiro atoms. The number of morpholine rings is 1. The van der Waals surface area contributed by atoms with Gasteiger partial charge in [0.2, 0.25) is 0 Å². The van der Waals surface area contributed by atoms with Crippen molar-refractivity contribution in [1.29, 1.82) is 0 Å². The maximum Gasteiger partial charge on any atom is 0.137 e. The Hall–Kier alpha value is -2.82. The summed E-state index contributed by atoms with van der Waals surface area (Å²) in [5.74, 6) is 0.597. The predicted molar refractivity (Wildman–Crippen MR) is 121 cm³/mol. The average Bonchev–Trinajstić information content (AvgIpc) is 3.11. The first kappa shape index (κ1) is 18.9. The van der Waals surface area contributed by atoms with Crippen molar-refractivity contribution in [3.05, 3.63) is 54.4 Å². The van der Waals surface area contributed by atoms with Crippen molar-refractivity contribution in [2.75, 3.05) is 19.8 Å². The number of hydrogen-bond donors (Lipinski definition) is 1. The third-order valence-electron chi connectivity index (χ3n) is 7.81. The van der Waals surface area contributed by atoms with E-state index < -0.39 is 0 Å². The Labute approximate surface area is 182 Å². The molecule has 3 fully saturated rings. The average molecular weight is 416 g/mol. The summed E-state index contributed by atoms with van der Waals surface area (Å²) in [6.45, 7) is 6.36. The quantitative estimate of drug-likeness (QED) is 0.645. The Balaban J connectivity index is 1.19. The Morgan fingerprint density at radius 1 is 1.29 bits per heavy atom. The smallest absolute Gasteiger partial charge is 0.137 e. The fraction of sp³-hybridized carbons (Fsp3) is 0.480. The van der Waals surface area contributed by atoms with Crippen LogP contribution >= 0.6 is 0 Å². The minimum Gasteiger partial charge on any atom is -0.373 e. The molecule has 0 aromatic carbocycles. The lowest BCUT2D eigenvalue weighted by molar-refractivity contribution is 0.0608. The van der Waals surface area contributed by atoms with Gasteiger partial charge in [-0.15, -0.1) is 5.73 Å². The van der Waals surface area contributed by atoms with Crippen molar-refractivity contribution >= 4 is 11.0 Å². The standard InChI is InChI=1S/C25H29N5O/c1-3-20-16-31-9-8-30(20)23-11-25(23)6-4-17(5-7-25)18-10-21-22(14-27-24(21)26-12-18)19-13-28-29(2)15-19/h10,12-15,17,23H,1,4-9,11,16H2,2H3,(H,26,27). The second-order valence-electron chi connectivity index (χ2n) is 9.50. The number of nitrogens with one attached hydrogen (secondary N) is 1. The lowest BCUT2D eigenvalue weighted by Crippen LogP contribution is -2.38. The highest BCUT2D eigenvalue weighted by molar-refractivity contribution is 5.93. The molecule has 0 bridgehead atoms. The zero-order chi connectivity index (χ0) is 21.0. The van der Waals surface area contributed by atoms with Crippen molar-refractivity contribution in [1.82, 2.24) is 24.6 Å². The first-order chi connectivity index (χ1) is 15.2. The number of aromatic amines is 1. The van der Waals surface area contributed by atoms with E-state index in [0.29, 0.717) is 24.0 Å². The molecule has 2 aliphatic carbocycles. The van der Waals surface area contributed by atoms with E-state index in [4.69, 9.17) is 9.72 Å². The Morgan fingerprint density at radius 2 is 2.16 bits per heavy atom. The molecule has 1 saturated heterocycles. The molecule has 6 rings (SSSR count). The third-order valence-corrected chi connectivity index (χ3v) is 7.81. The highest BCUT2D eigenvalue weighted by Gasteiger charge is 2.58. The number of ether oxygens (including phenoxy) is 1. The molecule has 3 aromatic heterocycles. The summed E-state index contributed by atoms with van der Waals surface area (Å²) >= 11 is 0. The van der Waals surface area contributed by atoms with Crippen molar-refractivity contribution in [2.24, 2.45) is 12.5 Å². The first-order valence-corrected chi connectivity index (χ1v) is 11.4. The predicted octanol–water partition coefficient (Wildman–Crippen LogP) is 4.38. The van der Waals surface area contributed by atoms with E-state index in [2.05, 4.69) is 51.9 Å². The van der Waals surface area contributed by atoms with Gasteiger partial charge < -0.3 is 14.6 Å². The fourth-order valence-electron chi connectivity index (χ4n) is 5.92. The third kappa shape index (κ3) is 3.13. The van der Waals surface area contributed by atoms with E-state index in [-0.39, 0.29) is 0 Å². The summed E-state index contributed by atoms with van der Waals surface area (Å²) in [6.07, 6.45) is 14.5. The van der Waals surface area contributed by atoms with Gasteiger partial charge >= 0.3 is 0 Å². The summed E-state index contributed by atoms with van der Waals surface area (Å²) in [5, 5.41) is 5.53. The second-order valence-corrected chi connectivity index (χ2v) is 9.50. The van der Waals surface area contributed by atoms with Gasteiger partial charge in [0.15, 0.2) is 0 Å². The molecule has 1 atom stereocenters. The van der Waals surface area contributed by atoms with Crippen LogP contribution in [0.3, 0.4) is 0 Å². The Kier molecular flexibility index (Phi) is 4.34. The maximum absolute atomic E-state index is 5.61.